The summed E-state index contributed by atoms with van der Waals surface area (Å²) in [5, 5.41) is 7.60. The van der Waals surface area contributed by atoms with Gasteiger partial charge >= 0.3 is 0 Å². The van der Waals surface area contributed by atoms with Gasteiger partial charge in [-0.3, -0.25) is 4.79 Å². The SMILES string of the molecule is CCCCC(=O)Cn1cc(CN)nn1. The van der Waals surface area contributed by atoms with Gasteiger partial charge < -0.3 is 5.73 Å². The minimum absolute atomic E-state index is 0.195. The summed E-state index contributed by atoms with van der Waals surface area (Å²) >= 11 is 0. The van der Waals surface area contributed by atoms with Crippen molar-refractivity contribution >= 4 is 5.78 Å². The van der Waals surface area contributed by atoms with E-state index >= 15 is 0 Å². The fraction of sp³-hybridized carbons (Fsp3) is 0.667. The average molecular weight is 196 g/mol. The normalized spacial score (nSPS) is 10.4. The third kappa shape index (κ3) is 3.26. The molecule has 0 aliphatic carbocycles. The van der Waals surface area contributed by atoms with Gasteiger partial charge in [-0.15, -0.1) is 5.10 Å². The van der Waals surface area contributed by atoms with Crippen molar-refractivity contribution < 1.29 is 4.79 Å². The van der Waals surface area contributed by atoms with E-state index in [4.69, 9.17) is 5.73 Å². The molecule has 0 aliphatic heterocycles. The molecule has 14 heavy (non-hydrogen) atoms. The van der Waals surface area contributed by atoms with Crippen LogP contribution in [0.25, 0.3) is 0 Å². The molecule has 0 saturated carbocycles. The maximum Gasteiger partial charge on any atom is 0.154 e. The molecule has 0 bridgehead atoms. The van der Waals surface area contributed by atoms with Gasteiger partial charge in [-0.05, 0) is 6.42 Å². The lowest BCUT2D eigenvalue weighted by Gasteiger charge is -1.98. The van der Waals surface area contributed by atoms with E-state index in [-0.39, 0.29) is 5.78 Å². The van der Waals surface area contributed by atoms with Gasteiger partial charge in [-0.25, -0.2) is 4.68 Å². The first-order chi connectivity index (χ1) is 6.76. The number of rotatable bonds is 6. The molecule has 0 unspecified atom stereocenters. The Hall–Kier alpha value is -1.23. The van der Waals surface area contributed by atoms with Crippen molar-refractivity contribution in [1.29, 1.82) is 0 Å². The van der Waals surface area contributed by atoms with Gasteiger partial charge in [0.15, 0.2) is 5.78 Å². The highest BCUT2D eigenvalue weighted by Crippen LogP contribution is 1.98. The van der Waals surface area contributed by atoms with E-state index in [0.717, 1.165) is 12.8 Å². The topological polar surface area (TPSA) is 73.8 Å². The summed E-state index contributed by atoms with van der Waals surface area (Å²) in [6, 6.07) is 0. The van der Waals surface area contributed by atoms with Crippen molar-refractivity contribution in [3.63, 3.8) is 0 Å². The van der Waals surface area contributed by atoms with E-state index in [0.29, 0.717) is 25.2 Å². The minimum Gasteiger partial charge on any atom is -0.325 e. The number of aromatic nitrogens is 3. The minimum atomic E-state index is 0.195. The fourth-order valence-corrected chi connectivity index (χ4v) is 1.14. The van der Waals surface area contributed by atoms with Crippen LogP contribution in [0.15, 0.2) is 6.20 Å². The largest absolute Gasteiger partial charge is 0.325 e. The van der Waals surface area contributed by atoms with Gasteiger partial charge in [0.25, 0.3) is 0 Å². The Labute approximate surface area is 83.3 Å². The molecule has 5 nitrogen and oxygen atoms in total. The van der Waals surface area contributed by atoms with Crippen molar-refractivity contribution in [3.05, 3.63) is 11.9 Å². The molecule has 1 heterocycles. The predicted octanol–water partition coefficient (Wildman–Crippen LogP) is 0.496. The molecule has 0 aliphatic rings. The molecule has 2 N–H and O–H groups in total. The Morgan fingerprint density at radius 3 is 3.00 bits per heavy atom. The molecule has 0 amide bonds. The molecular weight excluding hydrogens is 180 g/mol. The van der Waals surface area contributed by atoms with E-state index in [1.807, 2.05) is 0 Å². The first-order valence-electron chi connectivity index (χ1n) is 4.87. The zero-order valence-corrected chi connectivity index (χ0v) is 8.44. The van der Waals surface area contributed by atoms with Gasteiger partial charge in [0.05, 0.1) is 11.9 Å². The van der Waals surface area contributed by atoms with E-state index in [2.05, 4.69) is 17.2 Å². The van der Waals surface area contributed by atoms with Crippen molar-refractivity contribution in [2.75, 3.05) is 0 Å². The van der Waals surface area contributed by atoms with Crippen LogP contribution in [0.3, 0.4) is 0 Å². The third-order valence-corrected chi connectivity index (χ3v) is 1.94. The van der Waals surface area contributed by atoms with Crippen molar-refractivity contribution in [2.24, 2.45) is 5.73 Å². The molecule has 5 heteroatoms. The summed E-state index contributed by atoms with van der Waals surface area (Å²) < 4.78 is 1.54. The Morgan fingerprint density at radius 2 is 2.43 bits per heavy atom. The maximum absolute atomic E-state index is 11.3. The van der Waals surface area contributed by atoms with Gasteiger partial charge in [0.1, 0.15) is 6.54 Å². The Balaban J connectivity index is 2.39. The molecule has 0 atom stereocenters. The molecular formula is C9H16N4O. The zero-order valence-electron chi connectivity index (χ0n) is 8.44. The van der Waals surface area contributed by atoms with Crippen LogP contribution in [-0.4, -0.2) is 20.8 Å². The molecule has 1 aromatic rings. The van der Waals surface area contributed by atoms with Crippen LogP contribution in [0.2, 0.25) is 0 Å². The summed E-state index contributed by atoms with van der Waals surface area (Å²) in [6.45, 7) is 2.74. The first-order valence-corrected chi connectivity index (χ1v) is 4.87. The molecule has 78 valence electrons. The number of Topliss-reactive ketones (excluding diaryl/α,β-unsaturated/α-hetero) is 1. The molecule has 0 fully saturated rings. The van der Waals surface area contributed by atoms with E-state index in [1.54, 1.807) is 10.9 Å². The smallest absolute Gasteiger partial charge is 0.154 e. The van der Waals surface area contributed by atoms with E-state index in [1.165, 1.54) is 0 Å². The van der Waals surface area contributed by atoms with E-state index in [9.17, 15) is 4.79 Å². The quantitative estimate of drug-likeness (QED) is 0.718. The van der Waals surface area contributed by atoms with Crippen molar-refractivity contribution in [2.45, 2.75) is 39.3 Å². The number of carbonyl (C=O) groups is 1. The molecule has 0 aromatic carbocycles. The van der Waals surface area contributed by atoms with Crippen LogP contribution >= 0.6 is 0 Å². The maximum atomic E-state index is 11.3. The second kappa shape index (κ2) is 5.49. The van der Waals surface area contributed by atoms with Crippen LogP contribution in [0.4, 0.5) is 0 Å². The molecule has 0 saturated heterocycles. The van der Waals surface area contributed by atoms with Crippen LogP contribution in [0.5, 0.6) is 0 Å². The standard InChI is InChI=1S/C9H16N4O/c1-2-3-4-9(14)7-13-6-8(5-10)11-12-13/h6H,2-5,7,10H2,1H3. The van der Waals surface area contributed by atoms with Gasteiger partial charge in [-0.1, -0.05) is 18.6 Å². The highest BCUT2D eigenvalue weighted by Gasteiger charge is 2.04. The molecule has 1 rings (SSSR count). The number of ketones is 1. The van der Waals surface area contributed by atoms with Crippen molar-refractivity contribution in [3.8, 4) is 0 Å². The Kier molecular flexibility index (Phi) is 4.25. The first kappa shape index (κ1) is 10.8. The number of nitrogens with two attached hydrogens (primary N) is 1. The monoisotopic (exact) mass is 196 g/mol. The summed E-state index contributed by atoms with van der Waals surface area (Å²) in [7, 11) is 0. The molecule has 0 spiro atoms. The van der Waals surface area contributed by atoms with Crippen LogP contribution in [-0.2, 0) is 17.9 Å². The molecule has 1 aromatic heterocycles. The van der Waals surface area contributed by atoms with Crippen LogP contribution in [0, 0.1) is 0 Å². The second-order valence-electron chi connectivity index (χ2n) is 3.25. The van der Waals surface area contributed by atoms with Gasteiger partial charge in [0, 0.05) is 13.0 Å². The number of carbonyl (C=O) groups excluding carboxylic acids is 1. The van der Waals surface area contributed by atoms with Crippen LogP contribution < -0.4 is 5.73 Å². The summed E-state index contributed by atoms with van der Waals surface area (Å²) in [5.74, 6) is 0.195. The lowest BCUT2D eigenvalue weighted by molar-refractivity contribution is -0.119. The number of unbranched alkanes of at least 4 members (excludes halogenated alkanes) is 1. The Bertz CT molecular complexity index is 295. The van der Waals surface area contributed by atoms with Gasteiger partial charge in [-0.2, -0.15) is 0 Å². The van der Waals surface area contributed by atoms with Gasteiger partial charge in [0.2, 0.25) is 0 Å². The van der Waals surface area contributed by atoms with Crippen molar-refractivity contribution in [1.82, 2.24) is 15.0 Å². The lowest BCUT2D eigenvalue weighted by atomic mass is 10.2. The highest BCUT2D eigenvalue weighted by atomic mass is 16.1. The zero-order chi connectivity index (χ0) is 10.4. The third-order valence-electron chi connectivity index (χ3n) is 1.94. The fourth-order valence-electron chi connectivity index (χ4n) is 1.14. The average Bonchev–Trinajstić information content (AvgIpc) is 2.62. The number of nitrogens with zero attached hydrogens (tertiary/aromatic N) is 3. The van der Waals surface area contributed by atoms with Crippen LogP contribution in [0.1, 0.15) is 31.9 Å². The summed E-state index contributed by atoms with van der Waals surface area (Å²) in [4.78, 5) is 11.3. The molecule has 0 radical (unpaired) electrons. The van der Waals surface area contributed by atoms with E-state index < -0.39 is 0 Å². The summed E-state index contributed by atoms with van der Waals surface area (Å²) in [5.41, 5.74) is 6.09. The highest BCUT2D eigenvalue weighted by molar-refractivity contribution is 5.77. The number of hydrogen-bond donors (Lipinski definition) is 1. The Morgan fingerprint density at radius 1 is 1.64 bits per heavy atom. The summed E-state index contributed by atoms with van der Waals surface area (Å²) in [6.07, 6.45) is 4.31. The predicted molar refractivity (Wildman–Crippen MR) is 52.4 cm³/mol. The number of hydrogen-bond acceptors (Lipinski definition) is 4. The second-order valence-corrected chi connectivity index (χ2v) is 3.25. The lowest BCUT2D eigenvalue weighted by Crippen LogP contribution is -2.10.